The highest BCUT2D eigenvalue weighted by molar-refractivity contribution is 5.99. The Hall–Kier alpha value is -2.60. The summed E-state index contributed by atoms with van der Waals surface area (Å²) in [4.78, 5) is 12.2. The largest absolute Gasteiger partial charge is 0.488 e. The number of hydrogen-bond acceptors (Lipinski definition) is 4. The fourth-order valence-corrected chi connectivity index (χ4v) is 2.32. The monoisotopic (exact) mass is 317 g/mol. The van der Waals surface area contributed by atoms with Gasteiger partial charge in [0.1, 0.15) is 29.5 Å². The molecular weight excluding hydrogens is 301 g/mol. The fraction of sp³-hybridized carbons (Fsp3) is 0.235. The molecule has 0 fully saturated rings. The Labute approximate surface area is 132 Å². The van der Waals surface area contributed by atoms with E-state index in [9.17, 15) is 14.3 Å². The normalized spacial score (nSPS) is 15.9. The summed E-state index contributed by atoms with van der Waals surface area (Å²) in [5.74, 6) is 0.113. The Morgan fingerprint density at radius 1 is 1.43 bits per heavy atom. The van der Waals surface area contributed by atoms with E-state index in [0.29, 0.717) is 22.6 Å². The van der Waals surface area contributed by atoms with E-state index < -0.39 is 11.4 Å². The van der Waals surface area contributed by atoms with Crippen molar-refractivity contribution in [3.8, 4) is 5.75 Å². The summed E-state index contributed by atoms with van der Waals surface area (Å²) in [6.45, 7) is 1.61. The zero-order valence-corrected chi connectivity index (χ0v) is 12.5. The second-order valence-electron chi connectivity index (χ2n) is 5.57. The van der Waals surface area contributed by atoms with Crippen LogP contribution in [0.25, 0.3) is 6.08 Å². The number of aliphatic hydroxyl groups is 1. The second-order valence-corrected chi connectivity index (χ2v) is 5.57. The zero-order chi connectivity index (χ0) is 16.4. The van der Waals surface area contributed by atoms with Crippen molar-refractivity contribution in [1.29, 1.82) is 0 Å². The van der Waals surface area contributed by atoms with Gasteiger partial charge < -0.3 is 19.6 Å². The molecule has 0 aliphatic carbocycles. The Morgan fingerprint density at radius 3 is 3.00 bits per heavy atom. The van der Waals surface area contributed by atoms with Crippen LogP contribution in [0, 0.1) is 5.82 Å². The van der Waals surface area contributed by atoms with Crippen LogP contribution in [0.2, 0.25) is 0 Å². The van der Waals surface area contributed by atoms with Crippen LogP contribution in [0.1, 0.15) is 18.2 Å². The number of hydrogen-bond donors (Lipinski definition) is 2. The number of rotatable bonds is 4. The first kappa shape index (κ1) is 15.3. The van der Waals surface area contributed by atoms with E-state index in [1.165, 1.54) is 24.5 Å². The van der Waals surface area contributed by atoms with Gasteiger partial charge in [-0.3, -0.25) is 4.79 Å². The van der Waals surface area contributed by atoms with E-state index in [1.807, 2.05) is 0 Å². The van der Waals surface area contributed by atoms with Crippen LogP contribution in [0.5, 0.6) is 5.75 Å². The molecule has 2 N–H and O–H groups in total. The maximum absolute atomic E-state index is 13.3. The van der Waals surface area contributed by atoms with E-state index in [1.54, 1.807) is 25.1 Å². The quantitative estimate of drug-likeness (QED) is 0.907. The average Bonchev–Trinajstić information content (AvgIpc) is 3.07. The highest BCUT2D eigenvalue weighted by Crippen LogP contribution is 2.27. The minimum Gasteiger partial charge on any atom is -0.488 e. The van der Waals surface area contributed by atoms with Crippen molar-refractivity contribution in [3.63, 3.8) is 0 Å². The van der Waals surface area contributed by atoms with Crippen LogP contribution in [0.4, 0.5) is 4.39 Å². The number of furan rings is 1. The number of ether oxygens (including phenoxy) is 1. The lowest BCUT2D eigenvalue weighted by Gasteiger charge is -2.22. The Morgan fingerprint density at radius 2 is 2.26 bits per heavy atom. The van der Waals surface area contributed by atoms with Crippen molar-refractivity contribution in [2.45, 2.75) is 12.5 Å². The number of halogens is 1. The lowest BCUT2D eigenvalue weighted by molar-refractivity contribution is -0.119. The third kappa shape index (κ3) is 3.27. The zero-order valence-electron chi connectivity index (χ0n) is 12.5. The van der Waals surface area contributed by atoms with Gasteiger partial charge in [0.05, 0.1) is 18.4 Å². The van der Waals surface area contributed by atoms with E-state index >= 15 is 0 Å². The molecule has 120 valence electrons. The first-order valence-electron chi connectivity index (χ1n) is 7.13. The van der Waals surface area contributed by atoms with Crippen LogP contribution in [-0.2, 0) is 10.4 Å². The summed E-state index contributed by atoms with van der Waals surface area (Å²) >= 11 is 0. The SMILES string of the molecule is CC(O)(CNC(=O)C1=Cc2cc(F)ccc2OC1)c1ccco1. The number of fused-ring (bicyclic) bond motifs is 1. The van der Waals surface area contributed by atoms with Gasteiger partial charge >= 0.3 is 0 Å². The predicted molar refractivity (Wildman–Crippen MR) is 81.2 cm³/mol. The van der Waals surface area contributed by atoms with Crippen LogP contribution in [-0.4, -0.2) is 24.2 Å². The number of amides is 1. The van der Waals surface area contributed by atoms with Gasteiger partial charge in [-0.25, -0.2) is 4.39 Å². The van der Waals surface area contributed by atoms with Crippen molar-refractivity contribution in [2.24, 2.45) is 0 Å². The summed E-state index contributed by atoms with van der Waals surface area (Å²) in [5.41, 5.74) is -0.447. The first-order valence-corrected chi connectivity index (χ1v) is 7.13. The van der Waals surface area contributed by atoms with Crippen LogP contribution < -0.4 is 10.1 Å². The molecule has 1 unspecified atom stereocenters. The van der Waals surface area contributed by atoms with Gasteiger partial charge in [-0.2, -0.15) is 0 Å². The number of carbonyl (C=O) groups is 1. The average molecular weight is 317 g/mol. The highest BCUT2D eigenvalue weighted by Gasteiger charge is 2.28. The molecule has 0 bridgehead atoms. The minimum atomic E-state index is -1.32. The van der Waals surface area contributed by atoms with Gasteiger partial charge in [0.25, 0.3) is 5.91 Å². The Bertz CT molecular complexity index is 750. The van der Waals surface area contributed by atoms with E-state index in [-0.39, 0.29) is 19.1 Å². The molecule has 23 heavy (non-hydrogen) atoms. The van der Waals surface area contributed by atoms with Gasteiger partial charge in [0.15, 0.2) is 0 Å². The van der Waals surface area contributed by atoms with E-state index in [4.69, 9.17) is 9.15 Å². The third-order valence-corrected chi connectivity index (χ3v) is 3.62. The van der Waals surface area contributed by atoms with Crippen molar-refractivity contribution >= 4 is 12.0 Å². The van der Waals surface area contributed by atoms with Gasteiger partial charge in [0.2, 0.25) is 0 Å². The van der Waals surface area contributed by atoms with E-state index in [0.717, 1.165) is 0 Å². The van der Waals surface area contributed by atoms with E-state index in [2.05, 4.69) is 5.32 Å². The maximum atomic E-state index is 13.3. The van der Waals surface area contributed by atoms with Crippen molar-refractivity contribution in [2.75, 3.05) is 13.2 Å². The molecule has 1 aliphatic rings. The second kappa shape index (κ2) is 5.89. The Balaban J connectivity index is 1.70. The molecule has 1 aliphatic heterocycles. The summed E-state index contributed by atoms with van der Waals surface area (Å²) < 4.78 is 23.8. The molecular formula is C17H16FNO4. The fourth-order valence-electron chi connectivity index (χ4n) is 2.32. The molecule has 0 radical (unpaired) electrons. The Kier molecular flexibility index (Phi) is 3.92. The molecule has 2 heterocycles. The third-order valence-electron chi connectivity index (χ3n) is 3.62. The van der Waals surface area contributed by atoms with Crippen LogP contribution >= 0.6 is 0 Å². The summed E-state index contributed by atoms with van der Waals surface area (Å²) in [6.07, 6.45) is 3.04. The molecule has 0 spiro atoms. The molecule has 0 saturated heterocycles. The first-order chi connectivity index (χ1) is 11.0. The highest BCUT2D eigenvalue weighted by atomic mass is 19.1. The van der Waals surface area contributed by atoms with Crippen LogP contribution in [0.3, 0.4) is 0 Å². The van der Waals surface area contributed by atoms with Gasteiger partial charge in [-0.15, -0.1) is 0 Å². The van der Waals surface area contributed by atoms with Crippen molar-refractivity contribution in [1.82, 2.24) is 5.32 Å². The van der Waals surface area contributed by atoms with Crippen LogP contribution in [0.15, 0.2) is 46.6 Å². The smallest absolute Gasteiger partial charge is 0.250 e. The molecule has 3 rings (SSSR count). The van der Waals surface area contributed by atoms with Crippen molar-refractivity contribution in [3.05, 3.63) is 59.3 Å². The van der Waals surface area contributed by atoms with Gasteiger partial charge in [-0.1, -0.05) is 0 Å². The maximum Gasteiger partial charge on any atom is 0.250 e. The standard InChI is InChI=1S/C17H16FNO4/c1-17(21,15-3-2-6-22-15)10-19-16(20)12-7-11-8-13(18)4-5-14(11)23-9-12/h2-8,21H,9-10H2,1H3,(H,19,20). The molecule has 6 heteroatoms. The summed E-state index contributed by atoms with van der Waals surface area (Å²) in [6, 6.07) is 7.43. The molecule has 1 amide bonds. The molecule has 5 nitrogen and oxygen atoms in total. The molecule has 2 aromatic rings. The summed E-state index contributed by atoms with van der Waals surface area (Å²) in [5, 5.41) is 12.9. The van der Waals surface area contributed by atoms with Gasteiger partial charge in [-0.05, 0) is 43.3 Å². The predicted octanol–water partition coefficient (Wildman–Crippen LogP) is 2.22. The minimum absolute atomic E-state index is 0.0211. The molecule has 0 saturated carbocycles. The molecule has 1 aromatic heterocycles. The number of nitrogens with one attached hydrogen (secondary N) is 1. The number of carbonyl (C=O) groups excluding carboxylic acids is 1. The summed E-state index contributed by atoms with van der Waals surface area (Å²) in [7, 11) is 0. The lowest BCUT2D eigenvalue weighted by Crippen LogP contribution is -2.39. The number of benzene rings is 1. The van der Waals surface area contributed by atoms with Crippen molar-refractivity contribution < 1.29 is 23.4 Å². The molecule has 1 atom stereocenters. The molecule has 1 aromatic carbocycles. The lowest BCUT2D eigenvalue weighted by atomic mass is 10.0. The van der Waals surface area contributed by atoms with Gasteiger partial charge in [0, 0.05) is 5.56 Å². The topological polar surface area (TPSA) is 71.7 Å².